The first-order valence-corrected chi connectivity index (χ1v) is 4.69. The van der Waals surface area contributed by atoms with Gasteiger partial charge < -0.3 is 9.67 Å². The van der Waals surface area contributed by atoms with Crippen molar-refractivity contribution in [2.24, 2.45) is 0 Å². The average molecular weight is 239 g/mol. The van der Waals surface area contributed by atoms with Crippen molar-refractivity contribution in [1.82, 2.24) is 4.57 Å². The van der Waals surface area contributed by atoms with Crippen LogP contribution in [0.2, 0.25) is 0 Å². The molecule has 4 nitrogen and oxygen atoms in total. The second-order valence-corrected chi connectivity index (χ2v) is 3.49. The second-order valence-electron chi connectivity index (χ2n) is 3.49. The van der Waals surface area contributed by atoms with Crippen molar-refractivity contribution in [3.8, 4) is 0 Å². The van der Waals surface area contributed by atoms with E-state index in [4.69, 9.17) is 5.11 Å². The van der Waals surface area contributed by atoms with Crippen molar-refractivity contribution in [3.63, 3.8) is 0 Å². The van der Waals surface area contributed by atoms with Gasteiger partial charge in [-0.1, -0.05) is 0 Å². The minimum absolute atomic E-state index is 0.175. The summed E-state index contributed by atoms with van der Waals surface area (Å²) < 4.78 is 27.6. The molecule has 0 amide bonds. The van der Waals surface area contributed by atoms with Gasteiger partial charge in [0.25, 0.3) is 0 Å². The second kappa shape index (κ2) is 3.97. The first kappa shape index (κ1) is 11.3. The van der Waals surface area contributed by atoms with Crippen LogP contribution in [-0.4, -0.2) is 15.6 Å². The number of aliphatic carboxylic acids is 1. The van der Waals surface area contributed by atoms with Gasteiger partial charge in [-0.25, -0.2) is 8.78 Å². The highest BCUT2D eigenvalue weighted by Gasteiger charge is 2.11. The molecule has 1 heterocycles. The number of halogens is 2. The highest BCUT2D eigenvalue weighted by molar-refractivity contribution is 5.81. The Labute approximate surface area is 93.7 Å². The molecule has 2 rings (SSSR count). The Morgan fingerprint density at radius 1 is 1.35 bits per heavy atom. The van der Waals surface area contributed by atoms with Gasteiger partial charge in [0.05, 0.1) is 10.9 Å². The number of hydrogen-bond acceptors (Lipinski definition) is 2. The van der Waals surface area contributed by atoms with Gasteiger partial charge in [-0.3, -0.25) is 9.59 Å². The molecule has 0 unspecified atom stereocenters. The van der Waals surface area contributed by atoms with Crippen LogP contribution in [-0.2, 0) is 11.3 Å². The average Bonchev–Trinajstić information content (AvgIpc) is 2.21. The van der Waals surface area contributed by atoms with Crippen LogP contribution in [0.3, 0.4) is 0 Å². The van der Waals surface area contributed by atoms with Crippen molar-refractivity contribution < 1.29 is 18.7 Å². The summed E-state index contributed by atoms with van der Waals surface area (Å²) in [6, 6.07) is 2.57. The van der Waals surface area contributed by atoms with Crippen molar-refractivity contribution in [2.45, 2.75) is 6.54 Å². The van der Waals surface area contributed by atoms with E-state index in [-0.39, 0.29) is 10.9 Å². The van der Waals surface area contributed by atoms with Crippen LogP contribution >= 0.6 is 0 Å². The molecular formula is C11H7F2NO3. The number of pyridine rings is 1. The summed E-state index contributed by atoms with van der Waals surface area (Å²) in [7, 11) is 0. The Hall–Kier alpha value is -2.24. The zero-order valence-electron chi connectivity index (χ0n) is 8.48. The first-order chi connectivity index (χ1) is 7.99. The van der Waals surface area contributed by atoms with Crippen molar-refractivity contribution in [3.05, 3.63) is 46.3 Å². The number of nitrogens with zero attached hydrogens (tertiary/aromatic N) is 1. The summed E-state index contributed by atoms with van der Waals surface area (Å²) in [6.07, 6.45) is 1.17. The predicted octanol–water partition coefficient (Wildman–Crippen LogP) is 1.36. The molecule has 0 aliphatic rings. The van der Waals surface area contributed by atoms with E-state index in [2.05, 4.69) is 0 Å². The van der Waals surface area contributed by atoms with Gasteiger partial charge in [-0.2, -0.15) is 0 Å². The third-order valence-corrected chi connectivity index (χ3v) is 2.29. The number of hydrogen-bond donors (Lipinski definition) is 1. The Morgan fingerprint density at radius 3 is 2.71 bits per heavy atom. The van der Waals surface area contributed by atoms with Crippen LogP contribution in [0.5, 0.6) is 0 Å². The summed E-state index contributed by atoms with van der Waals surface area (Å²) in [4.78, 5) is 22.0. The molecule has 2 aromatic rings. The topological polar surface area (TPSA) is 59.3 Å². The fourth-order valence-electron chi connectivity index (χ4n) is 1.65. The van der Waals surface area contributed by atoms with Crippen LogP contribution in [0, 0.1) is 11.6 Å². The van der Waals surface area contributed by atoms with Gasteiger partial charge >= 0.3 is 5.97 Å². The Balaban J connectivity index is 2.84. The normalized spacial score (nSPS) is 10.7. The maximum absolute atomic E-state index is 13.5. The summed E-state index contributed by atoms with van der Waals surface area (Å²) in [6.45, 7) is -0.501. The van der Waals surface area contributed by atoms with Crippen LogP contribution in [0.1, 0.15) is 0 Å². The molecule has 6 heteroatoms. The smallest absolute Gasteiger partial charge is 0.323 e. The molecule has 88 valence electrons. The number of carbonyl (C=O) groups is 1. The molecule has 0 radical (unpaired) electrons. The Morgan fingerprint density at radius 2 is 2.06 bits per heavy atom. The molecule has 0 bridgehead atoms. The number of carboxylic acids is 1. The minimum Gasteiger partial charge on any atom is -0.480 e. The fraction of sp³-hybridized carbons (Fsp3) is 0.0909. The molecule has 1 aromatic carbocycles. The SMILES string of the molecule is O=C(O)Cn1ccc(=O)c2cc(F)cc(F)c21. The number of aromatic nitrogens is 1. The first-order valence-electron chi connectivity index (χ1n) is 4.69. The van der Waals surface area contributed by atoms with Gasteiger partial charge in [0.1, 0.15) is 12.4 Å². The van der Waals surface area contributed by atoms with Gasteiger partial charge in [-0.15, -0.1) is 0 Å². The molecule has 1 aromatic heterocycles. The maximum atomic E-state index is 13.5. The molecule has 0 spiro atoms. The third kappa shape index (κ3) is 2.01. The fourth-order valence-corrected chi connectivity index (χ4v) is 1.65. The van der Waals surface area contributed by atoms with E-state index in [1.807, 2.05) is 0 Å². The van der Waals surface area contributed by atoms with Crippen LogP contribution in [0.4, 0.5) is 8.78 Å². The van der Waals surface area contributed by atoms with E-state index < -0.39 is 29.6 Å². The van der Waals surface area contributed by atoms with Gasteiger partial charge in [0.15, 0.2) is 11.2 Å². The van der Waals surface area contributed by atoms with Gasteiger partial charge in [0, 0.05) is 18.3 Å². The van der Waals surface area contributed by atoms with E-state index in [0.717, 1.165) is 16.7 Å². The quantitative estimate of drug-likeness (QED) is 0.860. The Kier molecular flexibility index (Phi) is 2.63. The van der Waals surface area contributed by atoms with Crippen molar-refractivity contribution >= 4 is 16.9 Å². The zero-order valence-corrected chi connectivity index (χ0v) is 8.48. The molecule has 0 aliphatic carbocycles. The molecule has 0 saturated heterocycles. The molecule has 0 fully saturated rings. The monoisotopic (exact) mass is 239 g/mol. The molecule has 1 N–H and O–H groups in total. The van der Waals surface area contributed by atoms with Crippen molar-refractivity contribution in [2.75, 3.05) is 0 Å². The number of benzene rings is 1. The number of fused-ring (bicyclic) bond motifs is 1. The van der Waals surface area contributed by atoms with E-state index in [0.29, 0.717) is 6.07 Å². The predicted molar refractivity (Wildman–Crippen MR) is 55.8 cm³/mol. The Bertz CT molecular complexity index is 664. The van der Waals surface area contributed by atoms with Crippen LogP contribution < -0.4 is 5.43 Å². The molecule has 17 heavy (non-hydrogen) atoms. The summed E-state index contributed by atoms with van der Waals surface area (Å²) in [5, 5.41) is 8.47. The summed E-state index contributed by atoms with van der Waals surface area (Å²) in [5.74, 6) is -3.02. The molecule has 0 saturated carbocycles. The summed E-state index contributed by atoms with van der Waals surface area (Å²) >= 11 is 0. The lowest BCUT2D eigenvalue weighted by molar-refractivity contribution is -0.137. The zero-order chi connectivity index (χ0) is 12.6. The van der Waals surface area contributed by atoms with E-state index in [9.17, 15) is 18.4 Å². The standard InChI is InChI=1S/C11H7F2NO3/c12-6-3-7-9(15)1-2-14(5-10(16)17)11(7)8(13)4-6/h1-4H,5H2,(H,16,17). The van der Waals surface area contributed by atoms with Crippen LogP contribution in [0.15, 0.2) is 29.2 Å². The minimum atomic E-state index is -1.18. The molecule has 0 aliphatic heterocycles. The largest absolute Gasteiger partial charge is 0.480 e. The lowest BCUT2D eigenvalue weighted by atomic mass is 10.2. The van der Waals surface area contributed by atoms with Crippen molar-refractivity contribution in [1.29, 1.82) is 0 Å². The lowest BCUT2D eigenvalue weighted by Crippen LogP contribution is -2.14. The highest BCUT2D eigenvalue weighted by Crippen LogP contribution is 2.16. The van der Waals surface area contributed by atoms with E-state index >= 15 is 0 Å². The van der Waals surface area contributed by atoms with E-state index in [1.165, 1.54) is 6.20 Å². The molecular weight excluding hydrogens is 232 g/mol. The molecule has 0 atom stereocenters. The van der Waals surface area contributed by atoms with Gasteiger partial charge in [0.2, 0.25) is 0 Å². The van der Waals surface area contributed by atoms with Gasteiger partial charge in [-0.05, 0) is 6.07 Å². The number of rotatable bonds is 2. The number of carboxylic acid groups (broad SMARTS) is 1. The van der Waals surface area contributed by atoms with E-state index in [1.54, 1.807) is 0 Å². The lowest BCUT2D eigenvalue weighted by Gasteiger charge is -2.08. The summed E-state index contributed by atoms with van der Waals surface area (Å²) in [5.41, 5.74) is -0.763. The van der Waals surface area contributed by atoms with Crippen LogP contribution in [0.25, 0.3) is 10.9 Å². The highest BCUT2D eigenvalue weighted by atomic mass is 19.1. The third-order valence-electron chi connectivity index (χ3n) is 2.29. The maximum Gasteiger partial charge on any atom is 0.323 e.